The first kappa shape index (κ1) is 13.8. The first-order valence-electron chi connectivity index (χ1n) is 6.48. The van der Waals surface area contributed by atoms with Crippen LogP contribution in [-0.2, 0) is 14.4 Å². The van der Waals surface area contributed by atoms with Crippen LogP contribution in [0.5, 0.6) is 0 Å². The number of carboxylic acids is 1. The van der Waals surface area contributed by atoms with E-state index in [2.05, 4.69) is 0 Å². The van der Waals surface area contributed by atoms with E-state index < -0.39 is 18.1 Å². The number of carbonyl (C=O) groups is 3. The van der Waals surface area contributed by atoms with Gasteiger partial charge < -0.3 is 20.6 Å². The number of nitrogens with two attached hydrogens (primary N) is 1. The molecule has 0 saturated carbocycles. The smallest absolute Gasteiger partial charge is 0.326 e. The van der Waals surface area contributed by atoms with Crippen LogP contribution >= 0.6 is 0 Å². The topological polar surface area (TPSA) is 104 Å². The van der Waals surface area contributed by atoms with Crippen LogP contribution in [0.1, 0.15) is 26.2 Å². The lowest BCUT2D eigenvalue weighted by Gasteiger charge is -2.36. The number of carbonyl (C=O) groups excluding carboxylic acids is 2. The summed E-state index contributed by atoms with van der Waals surface area (Å²) in [6, 6.07) is -1.74. The summed E-state index contributed by atoms with van der Waals surface area (Å²) in [5.41, 5.74) is 5.82. The molecule has 0 bridgehead atoms. The molecule has 3 atom stereocenters. The molecule has 2 aliphatic heterocycles. The molecule has 0 aromatic heterocycles. The van der Waals surface area contributed by atoms with Crippen molar-refractivity contribution in [3.05, 3.63) is 0 Å². The Kier molecular flexibility index (Phi) is 3.75. The molecule has 0 aromatic rings. The van der Waals surface area contributed by atoms with Crippen LogP contribution in [0.4, 0.5) is 0 Å². The van der Waals surface area contributed by atoms with Crippen LogP contribution < -0.4 is 5.73 Å². The van der Waals surface area contributed by atoms with E-state index in [0.29, 0.717) is 25.8 Å². The highest BCUT2D eigenvalue weighted by molar-refractivity contribution is 5.88. The number of fused-ring (bicyclic) bond motifs is 1. The summed E-state index contributed by atoms with van der Waals surface area (Å²) in [6.45, 7) is 2.12. The Morgan fingerprint density at radius 1 is 1.32 bits per heavy atom. The third-order valence-electron chi connectivity index (χ3n) is 3.95. The lowest BCUT2D eigenvalue weighted by molar-refractivity contribution is -0.151. The Bertz CT molecular complexity index is 412. The van der Waals surface area contributed by atoms with Crippen LogP contribution in [-0.4, -0.2) is 63.9 Å². The standard InChI is InChI=1S/C12H19N3O4/c1-7(16)14-5-4-8-2-3-10(12(18)19)15(8)11(17)9(13)6-14/h8-10H,2-6,13H2,1H3,(H,18,19)/t8-,9+,10+/m1/s1. The van der Waals surface area contributed by atoms with Crippen molar-refractivity contribution in [2.75, 3.05) is 13.1 Å². The molecule has 2 heterocycles. The minimum absolute atomic E-state index is 0.107. The highest BCUT2D eigenvalue weighted by Crippen LogP contribution is 2.28. The van der Waals surface area contributed by atoms with E-state index in [9.17, 15) is 14.4 Å². The third-order valence-corrected chi connectivity index (χ3v) is 3.95. The predicted octanol–water partition coefficient (Wildman–Crippen LogP) is -0.990. The highest BCUT2D eigenvalue weighted by atomic mass is 16.4. The Morgan fingerprint density at radius 3 is 2.58 bits per heavy atom. The Morgan fingerprint density at radius 2 is 2.00 bits per heavy atom. The van der Waals surface area contributed by atoms with E-state index in [1.54, 1.807) is 4.90 Å². The van der Waals surface area contributed by atoms with Gasteiger partial charge in [0.25, 0.3) is 0 Å². The maximum absolute atomic E-state index is 12.3. The van der Waals surface area contributed by atoms with Crippen LogP contribution in [0.25, 0.3) is 0 Å². The highest BCUT2D eigenvalue weighted by Gasteiger charge is 2.43. The maximum atomic E-state index is 12.3. The molecular formula is C12H19N3O4. The summed E-state index contributed by atoms with van der Waals surface area (Å²) in [5.74, 6) is -1.45. The summed E-state index contributed by atoms with van der Waals surface area (Å²) in [6.07, 6.45) is 1.72. The fourth-order valence-electron chi connectivity index (χ4n) is 2.93. The number of hydrogen-bond acceptors (Lipinski definition) is 4. The van der Waals surface area contributed by atoms with Gasteiger partial charge in [0.15, 0.2) is 0 Å². The Hall–Kier alpha value is -1.63. The lowest BCUT2D eigenvalue weighted by Crippen LogP contribution is -2.58. The maximum Gasteiger partial charge on any atom is 0.326 e. The van der Waals surface area contributed by atoms with Gasteiger partial charge in [0.1, 0.15) is 12.1 Å². The van der Waals surface area contributed by atoms with Crippen molar-refractivity contribution < 1.29 is 19.5 Å². The van der Waals surface area contributed by atoms with Crippen molar-refractivity contribution in [3.8, 4) is 0 Å². The van der Waals surface area contributed by atoms with Crippen molar-refractivity contribution >= 4 is 17.8 Å². The molecule has 3 N–H and O–H groups in total. The molecule has 0 unspecified atom stereocenters. The molecular weight excluding hydrogens is 250 g/mol. The van der Waals surface area contributed by atoms with Crippen molar-refractivity contribution in [3.63, 3.8) is 0 Å². The molecule has 2 aliphatic rings. The second-order valence-corrected chi connectivity index (χ2v) is 5.19. The van der Waals surface area contributed by atoms with E-state index in [1.165, 1.54) is 11.8 Å². The number of nitrogens with zero attached hydrogens (tertiary/aromatic N) is 2. The van der Waals surface area contributed by atoms with Crippen LogP contribution in [0.2, 0.25) is 0 Å². The lowest BCUT2D eigenvalue weighted by atomic mass is 10.1. The zero-order valence-corrected chi connectivity index (χ0v) is 10.9. The average Bonchev–Trinajstić information content (AvgIpc) is 2.74. The summed E-state index contributed by atoms with van der Waals surface area (Å²) in [4.78, 5) is 37.9. The molecule has 7 nitrogen and oxygen atoms in total. The van der Waals surface area contributed by atoms with Gasteiger partial charge in [-0.3, -0.25) is 9.59 Å². The zero-order valence-electron chi connectivity index (χ0n) is 10.9. The van der Waals surface area contributed by atoms with Crippen LogP contribution in [0.3, 0.4) is 0 Å². The molecule has 0 aromatic carbocycles. The van der Waals surface area contributed by atoms with Crippen molar-refractivity contribution in [2.24, 2.45) is 5.73 Å². The van der Waals surface area contributed by atoms with E-state index in [-0.39, 0.29) is 24.4 Å². The van der Waals surface area contributed by atoms with Gasteiger partial charge in [-0.2, -0.15) is 0 Å². The molecule has 0 aliphatic carbocycles. The largest absolute Gasteiger partial charge is 0.480 e. The molecule has 2 saturated heterocycles. The number of amides is 2. The number of aliphatic carboxylic acids is 1. The van der Waals surface area contributed by atoms with Gasteiger partial charge >= 0.3 is 5.97 Å². The fourth-order valence-corrected chi connectivity index (χ4v) is 2.93. The van der Waals surface area contributed by atoms with Gasteiger partial charge in [0.2, 0.25) is 11.8 Å². The first-order chi connectivity index (χ1) is 8.91. The molecule has 2 rings (SSSR count). The Labute approximate surface area is 111 Å². The average molecular weight is 269 g/mol. The normalized spacial score (nSPS) is 31.7. The number of hydrogen-bond donors (Lipinski definition) is 2. The third kappa shape index (κ3) is 2.56. The van der Waals surface area contributed by atoms with Gasteiger partial charge in [-0.15, -0.1) is 0 Å². The molecule has 0 spiro atoms. The van der Waals surface area contributed by atoms with E-state index in [0.717, 1.165) is 0 Å². The minimum Gasteiger partial charge on any atom is -0.480 e. The van der Waals surface area contributed by atoms with E-state index >= 15 is 0 Å². The van der Waals surface area contributed by atoms with Crippen LogP contribution in [0.15, 0.2) is 0 Å². The second kappa shape index (κ2) is 5.16. The second-order valence-electron chi connectivity index (χ2n) is 5.19. The molecule has 7 heteroatoms. The molecule has 19 heavy (non-hydrogen) atoms. The van der Waals surface area contributed by atoms with Gasteiger partial charge in [-0.25, -0.2) is 4.79 Å². The molecule has 0 radical (unpaired) electrons. The monoisotopic (exact) mass is 269 g/mol. The van der Waals surface area contributed by atoms with E-state index in [4.69, 9.17) is 10.8 Å². The van der Waals surface area contributed by atoms with Gasteiger partial charge in [-0.05, 0) is 19.3 Å². The summed E-state index contributed by atoms with van der Waals surface area (Å²) in [5, 5.41) is 9.16. The first-order valence-corrected chi connectivity index (χ1v) is 6.48. The minimum atomic E-state index is -0.980. The van der Waals surface area contributed by atoms with Gasteiger partial charge in [0.05, 0.1) is 0 Å². The number of rotatable bonds is 1. The van der Waals surface area contributed by atoms with Crippen molar-refractivity contribution in [1.29, 1.82) is 0 Å². The molecule has 2 fully saturated rings. The molecule has 2 amide bonds. The SMILES string of the molecule is CC(=O)N1CC[C@H]2CC[C@@H](C(=O)O)N2C(=O)[C@@H](N)C1. The summed E-state index contributed by atoms with van der Waals surface area (Å²) < 4.78 is 0. The number of carboxylic acid groups (broad SMARTS) is 1. The quantitative estimate of drug-likeness (QED) is 0.636. The van der Waals surface area contributed by atoms with Crippen LogP contribution in [0, 0.1) is 0 Å². The zero-order chi connectivity index (χ0) is 14.2. The van der Waals surface area contributed by atoms with Crippen molar-refractivity contribution in [2.45, 2.75) is 44.3 Å². The van der Waals surface area contributed by atoms with E-state index in [1.807, 2.05) is 0 Å². The predicted molar refractivity (Wildman–Crippen MR) is 66.1 cm³/mol. The van der Waals surface area contributed by atoms with Gasteiger partial charge in [0, 0.05) is 26.1 Å². The summed E-state index contributed by atoms with van der Waals surface area (Å²) >= 11 is 0. The Balaban J connectivity index is 2.21. The van der Waals surface area contributed by atoms with Gasteiger partial charge in [-0.1, -0.05) is 0 Å². The molecule has 106 valence electrons. The fraction of sp³-hybridized carbons (Fsp3) is 0.750. The van der Waals surface area contributed by atoms with Crippen molar-refractivity contribution in [1.82, 2.24) is 9.80 Å². The summed E-state index contributed by atoms with van der Waals surface area (Å²) in [7, 11) is 0.